The second-order valence-electron chi connectivity index (χ2n) is 6.03. The molecule has 2 aromatic heterocycles. The number of nitrogens with zero attached hydrogens (tertiary/aromatic N) is 4. The maximum Gasteiger partial charge on any atom is 0.272 e. The molecule has 25 heavy (non-hydrogen) atoms. The lowest BCUT2D eigenvalue weighted by Crippen LogP contribution is -2.49. The van der Waals surface area contributed by atoms with E-state index in [1.54, 1.807) is 23.6 Å². The van der Waals surface area contributed by atoms with Gasteiger partial charge in [0.05, 0.1) is 15.2 Å². The van der Waals surface area contributed by atoms with Gasteiger partial charge in [-0.25, -0.2) is 4.98 Å². The molecular formula is C18H17ClN4OS. The fourth-order valence-corrected chi connectivity index (χ4v) is 4.35. The number of aryl methyl sites for hydroxylation is 1. The fraction of sp³-hybridized carbons (Fsp3) is 0.278. The summed E-state index contributed by atoms with van der Waals surface area (Å²) in [6, 6.07) is 9.33. The van der Waals surface area contributed by atoms with Crippen LogP contribution in [0.2, 0.25) is 5.02 Å². The molecule has 0 unspecified atom stereocenters. The summed E-state index contributed by atoms with van der Waals surface area (Å²) in [6.45, 7) is 4.89. The van der Waals surface area contributed by atoms with Gasteiger partial charge in [-0.2, -0.15) is 0 Å². The highest BCUT2D eigenvalue weighted by molar-refractivity contribution is 7.22. The number of aromatic nitrogens is 2. The lowest BCUT2D eigenvalue weighted by atomic mass is 10.2. The summed E-state index contributed by atoms with van der Waals surface area (Å²) in [4.78, 5) is 25.5. The molecule has 1 aromatic carbocycles. The van der Waals surface area contributed by atoms with Crippen LogP contribution in [-0.4, -0.2) is 47.0 Å². The van der Waals surface area contributed by atoms with Crippen LogP contribution in [0, 0.1) is 6.92 Å². The molecule has 0 bridgehead atoms. The SMILES string of the molecule is Cc1ccc(Cl)c2sc(N3CCN(C(=O)c4ccccn4)CC3)nc12. The van der Waals surface area contributed by atoms with Gasteiger partial charge in [-0.15, -0.1) is 0 Å². The Morgan fingerprint density at radius 2 is 1.96 bits per heavy atom. The van der Waals surface area contributed by atoms with Gasteiger partial charge in [-0.3, -0.25) is 9.78 Å². The first kappa shape index (κ1) is 16.3. The highest BCUT2D eigenvalue weighted by Gasteiger charge is 2.24. The minimum atomic E-state index is -0.0107. The molecule has 0 atom stereocenters. The molecule has 3 heterocycles. The molecular weight excluding hydrogens is 356 g/mol. The number of hydrogen-bond acceptors (Lipinski definition) is 5. The molecule has 1 fully saturated rings. The van der Waals surface area contributed by atoms with Crippen LogP contribution in [0.15, 0.2) is 36.5 Å². The average Bonchev–Trinajstić information content (AvgIpc) is 3.12. The third-order valence-corrected chi connectivity index (χ3v) is 5.98. The summed E-state index contributed by atoms with van der Waals surface area (Å²) >= 11 is 7.92. The van der Waals surface area contributed by atoms with Crippen LogP contribution in [0.4, 0.5) is 5.13 Å². The number of rotatable bonds is 2. The summed E-state index contributed by atoms with van der Waals surface area (Å²) in [7, 11) is 0. The number of anilines is 1. The van der Waals surface area contributed by atoms with Crippen molar-refractivity contribution in [2.75, 3.05) is 31.1 Å². The first-order chi connectivity index (χ1) is 12.1. The van der Waals surface area contributed by atoms with E-state index in [9.17, 15) is 4.79 Å². The Morgan fingerprint density at radius 1 is 1.16 bits per heavy atom. The molecule has 1 aliphatic rings. The number of carbonyl (C=O) groups is 1. The van der Waals surface area contributed by atoms with Crippen molar-refractivity contribution in [1.29, 1.82) is 0 Å². The zero-order valence-electron chi connectivity index (χ0n) is 13.8. The Balaban J connectivity index is 1.50. The molecule has 128 valence electrons. The minimum Gasteiger partial charge on any atom is -0.345 e. The highest BCUT2D eigenvalue weighted by atomic mass is 35.5. The molecule has 0 aliphatic carbocycles. The first-order valence-corrected chi connectivity index (χ1v) is 9.34. The smallest absolute Gasteiger partial charge is 0.272 e. The number of piperazine rings is 1. The topological polar surface area (TPSA) is 49.3 Å². The summed E-state index contributed by atoms with van der Waals surface area (Å²) in [5, 5.41) is 1.71. The van der Waals surface area contributed by atoms with Crippen LogP contribution >= 0.6 is 22.9 Å². The van der Waals surface area contributed by atoms with E-state index >= 15 is 0 Å². The molecule has 0 saturated carbocycles. The molecule has 0 N–H and O–H groups in total. The van der Waals surface area contributed by atoms with E-state index in [0.29, 0.717) is 18.8 Å². The second-order valence-corrected chi connectivity index (χ2v) is 7.42. The van der Waals surface area contributed by atoms with Gasteiger partial charge >= 0.3 is 0 Å². The highest BCUT2D eigenvalue weighted by Crippen LogP contribution is 2.35. The Kier molecular flexibility index (Phi) is 4.31. The monoisotopic (exact) mass is 372 g/mol. The molecule has 3 aromatic rings. The van der Waals surface area contributed by atoms with Crippen molar-refractivity contribution in [3.05, 3.63) is 52.8 Å². The summed E-state index contributed by atoms with van der Waals surface area (Å²) in [6.07, 6.45) is 1.65. The molecule has 0 spiro atoms. The molecule has 1 saturated heterocycles. The molecule has 0 radical (unpaired) electrons. The largest absolute Gasteiger partial charge is 0.345 e. The van der Waals surface area contributed by atoms with Gasteiger partial charge in [0.2, 0.25) is 0 Å². The predicted octanol–water partition coefficient (Wildman–Crippen LogP) is 3.62. The zero-order valence-corrected chi connectivity index (χ0v) is 15.3. The molecule has 4 rings (SSSR count). The van der Waals surface area contributed by atoms with Gasteiger partial charge in [-0.05, 0) is 30.7 Å². The van der Waals surface area contributed by atoms with Crippen LogP contribution in [0.25, 0.3) is 10.2 Å². The Hall–Kier alpha value is -2.18. The van der Waals surface area contributed by atoms with Crippen LogP contribution in [0.1, 0.15) is 16.1 Å². The van der Waals surface area contributed by atoms with Crippen molar-refractivity contribution in [2.45, 2.75) is 6.92 Å². The van der Waals surface area contributed by atoms with E-state index in [1.807, 2.05) is 36.1 Å². The standard InChI is InChI=1S/C18H17ClN4OS/c1-12-5-6-13(19)16-15(12)21-18(25-16)23-10-8-22(9-11-23)17(24)14-4-2-3-7-20-14/h2-7H,8-11H2,1H3. The summed E-state index contributed by atoms with van der Waals surface area (Å²) in [5.41, 5.74) is 2.60. The Labute approximate surface area is 154 Å². The van der Waals surface area contributed by atoms with E-state index < -0.39 is 0 Å². The third kappa shape index (κ3) is 3.07. The lowest BCUT2D eigenvalue weighted by molar-refractivity contribution is 0.0741. The van der Waals surface area contributed by atoms with E-state index in [0.717, 1.165) is 39.0 Å². The average molecular weight is 373 g/mol. The van der Waals surface area contributed by atoms with Gasteiger partial charge in [0.15, 0.2) is 5.13 Å². The van der Waals surface area contributed by atoms with Crippen molar-refractivity contribution in [3.63, 3.8) is 0 Å². The van der Waals surface area contributed by atoms with Gasteiger partial charge in [-0.1, -0.05) is 35.1 Å². The van der Waals surface area contributed by atoms with Crippen molar-refractivity contribution in [1.82, 2.24) is 14.9 Å². The molecule has 5 nitrogen and oxygen atoms in total. The maximum absolute atomic E-state index is 12.5. The number of pyridine rings is 1. The van der Waals surface area contributed by atoms with Crippen molar-refractivity contribution in [3.8, 4) is 0 Å². The van der Waals surface area contributed by atoms with Crippen LogP contribution < -0.4 is 4.90 Å². The molecule has 1 aliphatic heterocycles. The van der Waals surface area contributed by atoms with Gasteiger partial charge in [0.1, 0.15) is 5.69 Å². The number of benzene rings is 1. The Bertz CT molecular complexity index is 880. The number of amides is 1. The van der Waals surface area contributed by atoms with Crippen LogP contribution in [0.3, 0.4) is 0 Å². The number of fused-ring (bicyclic) bond motifs is 1. The third-order valence-electron chi connectivity index (χ3n) is 4.41. The Morgan fingerprint density at radius 3 is 2.64 bits per heavy atom. The number of thiazole rings is 1. The minimum absolute atomic E-state index is 0.0107. The number of carbonyl (C=O) groups excluding carboxylic acids is 1. The van der Waals surface area contributed by atoms with Gasteiger partial charge in [0, 0.05) is 32.4 Å². The normalized spacial score (nSPS) is 15.0. The maximum atomic E-state index is 12.5. The summed E-state index contributed by atoms with van der Waals surface area (Å²) < 4.78 is 1.03. The van der Waals surface area contributed by atoms with Crippen molar-refractivity contribution in [2.24, 2.45) is 0 Å². The fourth-order valence-electron chi connectivity index (χ4n) is 2.98. The van der Waals surface area contributed by atoms with Crippen molar-refractivity contribution >= 4 is 44.2 Å². The first-order valence-electron chi connectivity index (χ1n) is 8.14. The van der Waals surface area contributed by atoms with Crippen molar-refractivity contribution < 1.29 is 4.79 Å². The number of hydrogen-bond donors (Lipinski definition) is 0. The quantitative estimate of drug-likeness (QED) is 0.689. The van der Waals surface area contributed by atoms with Crippen LogP contribution in [-0.2, 0) is 0 Å². The van der Waals surface area contributed by atoms with E-state index in [2.05, 4.69) is 9.88 Å². The number of halogens is 1. The van der Waals surface area contributed by atoms with E-state index in [1.165, 1.54) is 0 Å². The van der Waals surface area contributed by atoms with E-state index in [-0.39, 0.29) is 5.91 Å². The summed E-state index contributed by atoms with van der Waals surface area (Å²) in [5.74, 6) is -0.0107. The zero-order chi connectivity index (χ0) is 17.4. The van der Waals surface area contributed by atoms with E-state index in [4.69, 9.17) is 16.6 Å². The lowest BCUT2D eigenvalue weighted by Gasteiger charge is -2.34. The molecule has 7 heteroatoms. The molecule has 1 amide bonds. The predicted molar refractivity (Wildman–Crippen MR) is 102 cm³/mol. The van der Waals surface area contributed by atoms with Gasteiger partial charge in [0.25, 0.3) is 5.91 Å². The van der Waals surface area contributed by atoms with Crippen LogP contribution in [0.5, 0.6) is 0 Å². The second kappa shape index (κ2) is 6.61. The van der Waals surface area contributed by atoms with Gasteiger partial charge < -0.3 is 9.80 Å².